The second kappa shape index (κ2) is 17.2. The standard InChI is InChI=1S/C64H44N2O/c1-4-16-51(17-5-1)64-58-24-11-10-15-50(58)37-42-61(64)66(57-40-41-60-59-25-12-13-26-62(59)67-63(60)44-57)55-38-35-48(36-39-55)47-29-27-45(28-30-47)46-31-33-49(34-32-46)52-18-14-23-56(43-52)65(53-19-6-2-7-20-53)54-21-8-3-9-22-54/h1-44H. The summed E-state index contributed by atoms with van der Waals surface area (Å²) in [6, 6.07) is 95.4. The van der Waals surface area contributed by atoms with Crippen molar-refractivity contribution < 1.29 is 4.42 Å². The van der Waals surface area contributed by atoms with Crippen LogP contribution in [0.4, 0.5) is 34.1 Å². The number of nitrogens with zero attached hydrogens (tertiary/aromatic N) is 2. The van der Waals surface area contributed by atoms with E-state index in [1.165, 1.54) is 44.2 Å². The summed E-state index contributed by atoms with van der Waals surface area (Å²) < 4.78 is 6.46. The average Bonchev–Trinajstić information content (AvgIpc) is 3.78. The summed E-state index contributed by atoms with van der Waals surface area (Å²) in [4.78, 5) is 4.68. The van der Waals surface area contributed by atoms with Crippen LogP contribution in [0.2, 0.25) is 0 Å². The van der Waals surface area contributed by atoms with Crippen molar-refractivity contribution in [1.29, 1.82) is 0 Å². The number of furan rings is 1. The molecule has 316 valence electrons. The molecule has 0 bridgehead atoms. The maximum atomic E-state index is 6.46. The number of anilines is 6. The minimum absolute atomic E-state index is 0.861. The van der Waals surface area contributed by atoms with Gasteiger partial charge in [-0.25, -0.2) is 0 Å². The minimum atomic E-state index is 0.861. The lowest BCUT2D eigenvalue weighted by Gasteiger charge is -2.29. The largest absolute Gasteiger partial charge is 0.456 e. The van der Waals surface area contributed by atoms with E-state index in [0.29, 0.717) is 0 Å². The molecule has 3 heteroatoms. The molecule has 0 amide bonds. The Kier molecular flexibility index (Phi) is 10.2. The molecule has 67 heavy (non-hydrogen) atoms. The van der Waals surface area contributed by atoms with Crippen LogP contribution < -0.4 is 9.80 Å². The summed E-state index contributed by atoms with van der Waals surface area (Å²) >= 11 is 0. The van der Waals surface area contributed by atoms with Crippen molar-refractivity contribution in [2.45, 2.75) is 0 Å². The highest BCUT2D eigenvalue weighted by Crippen LogP contribution is 2.46. The molecular formula is C64H44N2O. The third kappa shape index (κ3) is 7.59. The van der Waals surface area contributed by atoms with Gasteiger partial charge >= 0.3 is 0 Å². The van der Waals surface area contributed by atoms with Crippen LogP contribution in [0.15, 0.2) is 271 Å². The van der Waals surface area contributed by atoms with Gasteiger partial charge in [-0.3, -0.25) is 0 Å². The normalized spacial score (nSPS) is 11.3. The van der Waals surface area contributed by atoms with Gasteiger partial charge in [-0.2, -0.15) is 0 Å². The fraction of sp³-hybridized carbons (Fsp3) is 0. The molecule has 0 unspecified atom stereocenters. The number of rotatable bonds is 10. The summed E-state index contributed by atoms with van der Waals surface area (Å²) in [7, 11) is 0. The zero-order chi connectivity index (χ0) is 44.5. The molecule has 0 radical (unpaired) electrons. The van der Waals surface area contributed by atoms with Gasteiger partial charge in [-0.05, 0) is 123 Å². The van der Waals surface area contributed by atoms with E-state index in [-0.39, 0.29) is 0 Å². The Morgan fingerprint density at radius 3 is 1.33 bits per heavy atom. The van der Waals surface area contributed by atoms with Gasteiger partial charge in [0, 0.05) is 50.8 Å². The SMILES string of the molecule is c1ccc(-c2c(N(c3ccc(-c4ccc(-c5ccc(-c6cccc(N(c7ccccc7)c7ccccc7)c6)cc5)cc4)cc3)c3ccc4c(c3)oc3ccccc34)ccc3ccccc23)cc1. The maximum Gasteiger partial charge on any atom is 0.137 e. The van der Waals surface area contributed by atoms with Crippen molar-refractivity contribution in [2.75, 3.05) is 9.80 Å². The van der Waals surface area contributed by atoms with Gasteiger partial charge in [0.15, 0.2) is 0 Å². The smallest absolute Gasteiger partial charge is 0.137 e. The average molecular weight is 857 g/mol. The van der Waals surface area contributed by atoms with E-state index in [1.54, 1.807) is 0 Å². The molecule has 0 N–H and O–H groups in total. The number of hydrogen-bond acceptors (Lipinski definition) is 3. The van der Waals surface area contributed by atoms with Crippen molar-refractivity contribution in [3.8, 4) is 44.5 Å². The van der Waals surface area contributed by atoms with Gasteiger partial charge in [-0.1, -0.05) is 188 Å². The molecule has 12 rings (SSSR count). The van der Waals surface area contributed by atoms with Gasteiger partial charge in [0.25, 0.3) is 0 Å². The van der Waals surface area contributed by atoms with Crippen LogP contribution in [0.1, 0.15) is 0 Å². The lowest BCUT2D eigenvalue weighted by Crippen LogP contribution is -2.11. The van der Waals surface area contributed by atoms with E-state index in [4.69, 9.17) is 4.42 Å². The molecule has 1 heterocycles. The monoisotopic (exact) mass is 856 g/mol. The third-order valence-corrected chi connectivity index (χ3v) is 12.9. The van der Waals surface area contributed by atoms with E-state index in [1.807, 2.05) is 12.1 Å². The van der Waals surface area contributed by atoms with Crippen LogP contribution in [-0.4, -0.2) is 0 Å². The zero-order valence-electron chi connectivity index (χ0n) is 36.7. The first-order valence-corrected chi connectivity index (χ1v) is 22.8. The summed E-state index contributed by atoms with van der Waals surface area (Å²) in [6.45, 7) is 0. The molecule has 0 saturated heterocycles. The van der Waals surface area contributed by atoms with E-state index in [2.05, 4.69) is 265 Å². The van der Waals surface area contributed by atoms with Crippen molar-refractivity contribution >= 4 is 66.8 Å². The van der Waals surface area contributed by atoms with Crippen molar-refractivity contribution in [3.63, 3.8) is 0 Å². The van der Waals surface area contributed by atoms with Crippen LogP contribution in [0.3, 0.4) is 0 Å². The first kappa shape index (κ1) is 39.7. The zero-order valence-corrected chi connectivity index (χ0v) is 36.7. The van der Waals surface area contributed by atoms with Crippen molar-refractivity contribution in [2.24, 2.45) is 0 Å². The fourth-order valence-corrected chi connectivity index (χ4v) is 9.57. The van der Waals surface area contributed by atoms with Gasteiger partial charge in [-0.15, -0.1) is 0 Å². The maximum absolute atomic E-state index is 6.46. The highest BCUT2D eigenvalue weighted by Gasteiger charge is 2.21. The van der Waals surface area contributed by atoms with Crippen LogP contribution in [-0.2, 0) is 0 Å². The van der Waals surface area contributed by atoms with Crippen LogP contribution in [0, 0.1) is 0 Å². The second-order valence-corrected chi connectivity index (χ2v) is 16.9. The lowest BCUT2D eigenvalue weighted by molar-refractivity contribution is 0.669. The van der Waals surface area contributed by atoms with Gasteiger partial charge in [0.1, 0.15) is 11.2 Å². The molecule has 0 aliphatic heterocycles. The molecule has 1 aromatic heterocycles. The second-order valence-electron chi connectivity index (χ2n) is 16.9. The summed E-state index contributed by atoms with van der Waals surface area (Å²) in [5.74, 6) is 0. The summed E-state index contributed by atoms with van der Waals surface area (Å²) in [5, 5.41) is 4.63. The Bertz CT molecular complexity index is 3620. The highest BCUT2D eigenvalue weighted by atomic mass is 16.3. The Labute approximate surface area is 390 Å². The lowest BCUT2D eigenvalue weighted by atomic mass is 9.95. The van der Waals surface area contributed by atoms with E-state index < -0.39 is 0 Å². The fourth-order valence-electron chi connectivity index (χ4n) is 9.57. The number of benzene rings is 11. The predicted molar refractivity (Wildman–Crippen MR) is 282 cm³/mol. The quantitative estimate of drug-likeness (QED) is 0.137. The Morgan fingerprint density at radius 2 is 0.687 bits per heavy atom. The van der Waals surface area contributed by atoms with E-state index in [9.17, 15) is 0 Å². The number of fused-ring (bicyclic) bond motifs is 4. The van der Waals surface area contributed by atoms with Crippen LogP contribution in [0.25, 0.3) is 77.2 Å². The Balaban J connectivity index is 0.856. The summed E-state index contributed by atoms with van der Waals surface area (Å²) in [6.07, 6.45) is 0. The van der Waals surface area contributed by atoms with Gasteiger partial charge in [0.2, 0.25) is 0 Å². The van der Waals surface area contributed by atoms with Gasteiger partial charge in [0.05, 0.1) is 5.69 Å². The predicted octanol–water partition coefficient (Wildman–Crippen LogP) is 18.3. The Morgan fingerprint density at radius 1 is 0.239 bits per heavy atom. The first-order chi connectivity index (χ1) is 33.2. The molecule has 0 aliphatic rings. The highest BCUT2D eigenvalue weighted by molar-refractivity contribution is 6.08. The molecule has 0 saturated carbocycles. The van der Waals surface area contributed by atoms with Crippen molar-refractivity contribution in [1.82, 2.24) is 0 Å². The molecule has 0 aliphatic carbocycles. The molecule has 0 atom stereocenters. The molecular weight excluding hydrogens is 813 g/mol. The summed E-state index contributed by atoms with van der Waals surface area (Å²) in [5.41, 5.74) is 17.7. The molecule has 12 aromatic rings. The molecule has 0 spiro atoms. The minimum Gasteiger partial charge on any atom is -0.456 e. The molecule has 0 fully saturated rings. The van der Waals surface area contributed by atoms with Crippen molar-refractivity contribution in [3.05, 3.63) is 267 Å². The van der Waals surface area contributed by atoms with E-state index >= 15 is 0 Å². The van der Waals surface area contributed by atoms with Crippen LogP contribution >= 0.6 is 0 Å². The van der Waals surface area contributed by atoms with Crippen LogP contribution in [0.5, 0.6) is 0 Å². The molecule has 11 aromatic carbocycles. The van der Waals surface area contributed by atoms with Gasteiger partial charge < -0.3 is 14.2 Å². The topological polar surface area (TPSA) is 19.6 Å². The number of para-hydroxylation sites is 3. The third-order valence-electron chi connectivity index (χ3n) is 12.9. The van der Waals surface area contributed by atoms with E-state index in [0.717, 1.165) is 67.2 Å². The molecule has 3 nitrogen and oxygen atoms in total. The number of hydrogen-bond donors (Lipinski definition) is 0. The first-order valence-electron chi connectivity index (χ1n) is 22.8. The Hall–Kier alpha value is -8.92.